The fraction of sp³-hybridized carbons (Fsp3) is 0.611. The molecule has 0 atom stereocenters. The van der Waals surface area contributed by atoms with Crippen molar-refractivity contribution in [1.29, 1.82) is 0 Å². The summed E-state index contributed by atoms with van der Waals surface area (Å²) in [6.45, 7) is 5.38. The van der Waals surface area contributed by atoms with Crippen LogP contribution in [0.3, 0.4) is 0 Å². The van der Waals surface area contributed by atoms with E-state index in [1.807, 2.05) is 7.05 Å². The lowest BCUT2D eigenvalue weighted by atomic mass is 9.76. The maximum Gasteiger partial charge on any atom is 0.337 e. The normalized spacial score (nSPS) is 20.3. The number of carboxylic acid groups (broad SMARTS) is 1. The molecule has 4 heteroatoms. The highest BCUT2D eigenvalue weighted by molar-refractivity contribution is 7.13. The molecule has 0 saturated heterocycles. The van der Waals surface area contributed by atoms with Crippen LogP contribution in [0.5, 0.6) is 0 Å². The summed E-state index contributed by atoms with van der Waals surface area (Å²) < 4.78 is 0. The zero-order chi connectivity index (χ0) is 15.9. The second-order valence-electron chi connectivity index (χ2n) is 7.32. The number of fused-ring (bicyclic) bond motifs is 1. The van der Waals surface area contributed by atoms with Gasteiger partial charge in [0.25, 0.3) is 0 Å². The predicted molar refractivity (Wildman–Crippen MR) is 91.8 cm³/mol. The Morgan fingerprint density at radius 3 is 2.77 bits per heavy atom. The van der Waals surface area contributed by atoms with Gasteiger partial charge in [0.1, 0.15) is 0 Å². The van der Waals surface area contributed by atoms with E-state index in [0.717, 1.165) is 55.5 Å². The molecule has 0 bridgehead atoms. The van der Waals surface area contributed by atoms with Crippen LogP contribution in [0.15, 0.2) is 5.57 Å². The van der Waals surface area contributed by atoms with Crippen molar-refractivity contribution in [3.63, 3.8) is 0 Å². The number of carboxylic acids is 1. The van der Waals surface area contributed by atoms with E-state index in [2.05, 4.69) is 19.2 Å². The maximum atomic E-state index is 12.0. The number of thiophene rings is 1. The molecule has 0 aliphatic heterocycles. The van der Waals surface area contributed by atoms with Gasteiger partial charge in [0.15, 0.2) is 0 Å². The average Bonchev–Trinajstić information content (AvgIpc) is 3.01. The van der Waals surface area contributed by atoms with Crippen molar-refractivity contribution < 1.29 is 9.90 Å². The highest BCUT2D eigenvalue weighted by Gasteiger charge is 2.34. The van der Waals surface area contributed by atoms with Crippen molar-refractivity contribution >= 4 is 22.9 Å². The molecule has 1 aromatic rings. The van der Waals surface area contributed by atoms with Gasteiger partial charge in [-0.15, -0.1) is 11.3 Å². The molecule has 0 spiro atoms. The van der Waals surface area contributed by atoms with Gasteiger partial charge in [-0.25, -0.2) is 4.79 Å². The molecular weight excluding hydrogens is 294 g/mol. The first-order chi connectivity index (χ1) is 10.4. The summed E-state index contributed by atoms with van der Waals surface area (Å²) in [5.41, 5.74) is 4.66. The first kappa shape index (κ1) is 15.8. The largest absolute Gasteiger partial charge is 0.478 e. The molecule has 120 valence electrons. The molecule has 2 aliphatic rings. The number of rotatable bonds is 4. The quantitative estimate of drug-likeness (QED) is 0.878. The molecule has 2 N–H and O–H groups in total. The van der Waals surface area contributed by atoms with Crippen LogP contribution in [0.25, 0.3) is 5.57 Å². The smallest absolute Gasteiger partial charge is 0.337 e. The van der Waals surface area contributed by atoms with Crippen molar-refractivity contribution in [2.75, 3.05) is 13.6 Å². The molecule has 2 aliphatic carbocycles. The Morgan fingerprint density at radius 2 is 2.09 bits per heavy atom. The first-order valence-electron chi connectivity index (χ1n) is 8.16. The van der Waals surface area contributed by atoms with Crippen molar-refractivity contribution in [3.8, 4) is 0 Å². The van der Waals surface area contributed by atoms with E-state index in [1.54, 1.807) is 11.3 Å². The minimum Gasteiger partial charge on any atom is -0.478 e. The van der Waals surface area contributed by atoms with Gasteiger partial charge in [-0.2, -0.15) is 0 Å². The molecule has 22 heavy (non-hydrogen) atoms. The first-order valence-corrected chi connectivity index (χ1v) is 8.98. The van der Waals surface area contributed by atoms with Crippen LogP contribution in [0, 0.1) is 5.41 Å². The molecule has 3 rings (SSSR count). The Balaban J connectivity index is 2.12. The van der Waals surface area contributed by atoms with Crippen LogP contribution in [-0.4, -0.2) is 24.7 Å². The summed E-state index contributed by atoms with van der Waals surface area (Å²) in [5.74, 6) is -0.742. The summed E-state index contributed by atoms with van der Waals surface area (Å²) in [5, 5.41) is 13.1. The number of likely N-dealkylation sites (N-methyl/N-ethyl adjacent to an activating group) is 1. The van der Waals surface area contributed by atoms with Gasteiger partial charge in [-0.1, -0.05) is 19.4 Å². The Labute approximate surface area is 136 Å². The van der Waals surface area contributed by atoms with Crippen LogP contribution < -0.4 is 5.32 Å². The molecule has 1 heterocycles. The third-order valence-electron chi connectivity index (χ3n) is 4.99. The second-order valence-corrected chi connectivity index (χ2v) is 8.43. The van der Waals surface area contributed by atoms with Crippen molar-refractivity contribution in [3.05, 3.63) is 26.5 Å². The summed E-state index contributed by atoms with van der Waals surface area (Å²) in [6.07, 6.45) is 6.36. The minimum absolute atomic E-state index is 0.216. The number of nitrogens with one attached hydrogen (secondary N) is 1. The predicted octanol–water partition coefficient (Wildman–Crippen LogP) is 4.12. The monoisotopic (exact) mass is 319 g/mol. The van der Waals surface area contributed by atoms with Gasteiger partial charge < -0.3 is 10.4 Å². The van der Waals surface area contributed by atoms with Gasteiger partial charge in [0, 0.05) is 16.3 Å². The van der Waals surface area contributed by atoms with Gasteiger partial charge in [0.05, 0.1) is 5.56 Å². The summed E-state index contributed by atoms with van der Waals surface area (Å²) in [6, 6.07) is 0. The van der Waals surface area contributed by atoms with E-state index in [-0.39, 0.29) is 5.41 Å². The number of aryl methyl sites for hydroxylation is 1. The highest BCUT2D eigenvalue weighted by Crippen LogP contribution is 2.46. The van der Waals surface area contributed by atoms with Crippen molar-refractivity contribution in [2.24, 2.45) is 5.41 Å². The Bertz CT molecular complexity index is 640. The molecule has 1 aromatic heterocycles. The lowest BCUT2D eigenvalue weighted by molar-refractivity contribution is 0.0695. The molecule has 0 saturated carbocycles. The third-order valence-corrected chi connectivity index (χ3v) is 6.34. The van der Waals surface area contributed by atoms with E-state index in [0.29, 0.717) is 5.56 Å². The number of aromatic carboxylic acids is 1. The number of hydrogen-bond acceptors (Lipinski definition) is 3. The van der Waals surface area contributed by atoms with E-state index in [9.17, 15) is 9.90 Å². The van der Waals surface area contributed by atoms with Crippen LogP contribution in [0.1, 0.15) is 65.2 Å². The van der Waals surface area contributed by atoms with Gasteiger partial charge in [-0.05, 0) is 62.1 Å². The number of carbonyl (C=O) groups is 1. The average molecular weight is 319 g/mol. The molecule has 0 radical (unpaired) electrons. The van der Waals surface area contributed by atoms with Crippen LogP contribution in [0.4, 0.5) is 0 Å². The molecule has 0 amide bonds. The van der Waals surface area contributed by atoms with Crippen LogP contribution in [-0.2, 0) is 12.8 Å². The number of hydrogen-bond donors (Lipinski definition) is 2. The van der Waals surface area contributed by atoms with Gasteiger partial charge in [-0.3, -0.25) is 0 Å². The zero-order valence-corrected chi connectivity index (χ0v) is 14.5. The van der Waals surface area contributed by atoms with E-state index < -0.39 is 5.97 Å². The van der Waals surface area contributed by atoms with Crippen molar-refractivity contribution in [1.82, 2.24) is 5.32 Å². The number of allylic oxidation sites excluding steroid dienone is 1. The van der Waals surface area contributed by atoms with Crippen molar-refractivity contribution in [2.45, 2.75) is 52.4 Å². The molecule has 3 nitrogen and oxygen atoms in total. The summed E-state index contributed by atoms with van der Waals surface area (Å²) in [7, 11) is 1.96. The molecule has 0 unspecified atom stereocenters. The summed E-state index contributed by atoms with van der Waals surface area (Å²) in [4.78, 5) is 14.3. The lowest BCUT2D eigenvalue weighted by Gasteiger charge is -2.29. The highest BCUT2D eigenvalue weighted by atomic mass is 32.1. The Morgan fingerprint density at radius 1 is 1.32 bits per heavy atom. The topological polar surface area (TPSA) is 49.3 Å². The van der Waals surface area contributed by atoms with Gasteiger partial charge in [0.2, 0.25) is 0 Å². The SMILES string of the molecule is CNCC1=C(c2sc3c(c2C(=O)O)CC(C)(C)CC3)CCC1. The lowest BCUT2D eigenvalue weighted by Crippen LogP contribution is -2.22. The zero-order valence-electron chi connectivity index (χ0n) is 13.7. The summed E-state index contributed by atoms with van der Waals surface area (Å²) >= 11 is 1.75. The third kappa shape index (κ3) is 2.74. The van der Waals surface area contributed by atoms with E-state index >= 15 is 0 Å². The van der Waals surface area contributed by atoms with Crippen LogP contribution in [0.2, 0.25) is 0 Å². The fourth-order valence-electron chi connectivity index (χ4n) is 3.85. The van der Waals surface area contributed by atoms with E-state index in [4.69, 9.17) is 0 Å². The second kappa shape index (κ2) is 5.82. The van der Waals surface area contributed by atoms with E-state index in [1.165, 1.54) is 16.0 Å². The molecule has 0 aromatic carbocycles. The molecular formula is C18H25NO2S. The standard InChI is InChI=1S/C18H25NO2S/c1-18(2)8-7-14-13(9-18)15(17(20)21)16(22-14)12-6-4-5-11(12)10-19-3/h19H,4-10H2,1-3H3,(H,20,21). The Hall–Kier alpha value is -1.13. The Kier molecular flexibility index (Phi) is 4.17. The maximum absolute atomic E-state index is 12.0. The minimum atomic E-state index is -0.742. The molecule has 0 fully saturated rings. The van der Waals surface area contributed by atoms with Gasteiger partial charge >= 0.3 is 5.97 Å². The van der Waals surface area contributed by atoms with Crippen LogP contribution >= 0.6 is 11.3 Å². The fourth-order valence-corrected chi connectivity index (χ4v) is 5.28.